The van der Waals surface area contributed by atoms with Gasteiger partial charge >= 0.3 is 0 Å². The van der Waals surface area contributed by atoms with Crippen LogP contribution >= 0.6 is 11.8 Å². The van der Waals surface area contributed by atoms with Crippen molar-refractivity contribution in [1.29, 1.82) is 0 Å². The Morgan fingerprint density at radius 3 is 3.00 bits per heavy atom. The number of hydrogen-bond donors (Lipinski definition) is 2. The molecule has 0 bridgehead atoms. The van der Waals surface area contributed by atoms with Crippen molar-refractivity contribution in [3.8, 4) is 0 Å². The van der Waals surface area contributed by atoms with Crippen molar-refractivity contribution < 1.29 is 9.53 Å². The minimum Gasteiger partial charge on any atom is -0.383 e. The smallest absolute Gasteiger partial charge is 0.243 e. The number of amides is 1. The Labute approximate surface area is 112 Å². The Balaban J connectivity index is 2.58. The second kappa shape index (κ2) is 8.13. The Kier molecular flexibility index (Phi) is 6.78. The highest BCUT2D eigenvalue weighted by atomic mass is 32.2. The molecule has 1 aromatic carbocycles. The molecule has 100 valence electrons. The van der Waals surface area contributed by atoms with Crippen LogP contribution in [0.2, 0.25) is 0 Å². The molecule has 0 saturated carbocycles. The molecule has 0 fully saturated rings. The van der Waals surface area contributed by atoms with Crippen LogP contribution in [0, 0.1) is 0 Å². The summed E-state index contributed by atoms with van der Waals surface area (Å²) in [4.78, 5) is 11.7. The number of thioether (sulfide) groups is 1. The fourth-order valence-corrected chi connectivity index (χ4v) is 2.07. The summed E-state index contributed by atoms with van der Waals surface area (Å²) in [6.45, 7) is 2.34. The van der Waals surface area contributed by atoms with Gasteiger partial charge in [0.1, 0.15) is 6.04 Å². The predicted octanol–water partition coefficient (Wildman–Crippen LogP) is 1.85. The van der Waals surface area contributed by atoms with Gasteiger partial charge in [-0.25, -0.2) is 0 Å². The maximum absolute atomic E-state index is 11.7. The first-order valence-electron chi connectivity index (χ1n) is 5.89. The summed E-state index contributed by atoms with van der Waals surface area (Å²) >= 11 is 1.85. The van der Waals surface area contributed by atoms with Crippen LogP contribution < -0.4 is 11.1 Å². The molecule has 1 aromatic rings. The standard InChI is InChI=1S/C13H20N2O2S/c1-3-18-9-10-5-4-6-11(7-10)15-13(16)12(14)8-17-2/h4-7,12H,3,8-9,14H2,1-2H3,(H,15,16). The Morgan fingerprint density at radius 2 is 2.33 bits per heavy atom. The van der Waals surface area contributed by atoms with E-state index in [0.29, 0.717) is 0 Å². The minimum atomic E-state index is -0.635. The molecule has 4 nitrogen and oxygen atoms in total. The normalized spacial score (nSPS) is 12.2. The summed E-state index contributed by atoms with van der Waals surface area (Å²) in [6.07, 6.45) is 0. The fraction of sp³-hybridized carbons (Fsp3) is 0.462. The molecule has 0 spiro atoms. The summed E-state index contributed by atoms with van der Waals surface area (Å²) in [5.41, 5.74) is 7.63. The molecule has 1 atom stereocenters. The zero-order chi connectivity index (χ0) is 13.4. The van der Waals surface area contributed by atoms with E-state index in [1.807, 2.05) is 36.0 Å². The van der Waals surface area contributed by atoms with Crippen molar-refractivity contribution in [2.75, 3.05) is 24.8 Å². The van der Waals surface area contributed by atoms with Gasteiger partial charge in [0, 0.05) is 18.6 Å². The lowest BCUT2D eigenvalue weighted by Crippen LogP contribution is -2.39. The average Bonchev–Trinajstić information content (AvgIpc) is 2.37. The van der Waals surface area contributed by atoms with Crippen LogP contribution in [-0.4, -0.2) is 31.4 Å². The average molecular weight is 268 g/mol. The Bertz CT molecular complexity index is 385. The minimum absolute atomic E-state index is 0.219. The first-order valence-corrected chi connectivity index (χ1v) is 7.05. The molecule has 0 radical (unpaired) electrons. The van der Waals surface area contributed by atoms with Gasteiger partial charge in [0.15, 0.2) is 0 Å². The molecular formula is C13H20N2O2S. The molecule has 0 saturated heterocycles. The van der Waals surface area contributed by atoms with E-state index in [0.717, 1.165) is 17.2 Å². The molecule has 1 unspecified atom stereocenters. The lowest BCUT2D eigenvalue weighted by atomic mass is 10.2. The topological polar surface area (TPSA) is 64.4 Å². The molecule has 1 amide bonds. The summed E-state index contributed by atoms with van der Waals surface area (Å²) in [5.74, 6) is 1.80. The number of benzene rings is 1. The van der Waals surface area contributed by atoms with Gasteiger partial charge in [0.25, 0.3) is 0 Å². The molecule has 0 heterocycles. The van der Waals surface area contributed by atoms with E-state index in [1.54, 1.807) is 0 Å². The molecular weight excluding hydrogens is 248 g/mol. The third kappa shape index (κ3) is 5.08. The SMILES string of the molecule is CCSCc1cccc(NC(=O)C(N)COC)c1. The maximum atomic E-state index is 11.7. The van der Waals surface area contributed by atoms with Crippen LogP contribution in [0.3, 0.4) is 0 Å². The van der Waals surface area contributed by atoms with Crippen LogP contribution in [0.5, 0.6) is 0 Å². The third-order valence-electron chi connectivity index (χ3n) is 2.35. The zero-order valence-corrected chi connectivity index (χ0v) is 11.6. The highest BCUT2D eigenvalue weighted by molar-refractivity contribution is 7.98. The van der Waals surface area contributed by atoms with Crippen molar-refractivity contribution in [3.63, 3.8) is 0 Å². The number of hydrogen-bond acceptors (Lipinski definition) is 4. The lowest BCUT2D eigenvalue weighted by molar-refractivity contribution is -0.118. The van der Waals surface area contributed by atoms with Gasteiger partial charge in [-0.2, -0.15) is 11.8 Å². The van der Waals surface area contributed by atoms with E-state index >= 15 is 0 Å². The van der Waals surface area contributed by atoms with Crippen LogP contribution in [-0.2, 0) is 15.3 Å². The third-order valence-corrected chi connectivity index (χ3v) is 3.30. The number of methoxy groups -OCH3 is 1. The van der Waals surface area contributed by atoms with Gasteiger partial charge in [-0.05, 0) is 23.4 Å². The van der Waals surface area contributed by atoms with Crippen molar-refractivity contribution in [3.05, 3.63) is 29.8 Å². The second-order valence-corrected chi connectivity index (χ2v) is 5.16. The van der Waals surface area contributed by atoms with Gasteiger partial charge in [-0.3, -0.25) is 4.79 Å². The number of ether oxygens (including phenoxy) is 1. The molecule has 1 rings (SSSR count). The fourth-order valence-electron chi connectivity index (χ4n) is 1.45. The first kappa shape index (κ1) is 15.0. The molecule has 0 aliphatic carbocycles. The predicted molar refractivity (Wildman–Crippen MR) is 76.8 cm³/mol. The second-order valence-electron chi connectivity index (χ2n) is 3.89. The Morgan fingerprint density at radius 1 is 1.56 bits per heavy atom. The van der Waals surface area contributed by atoms with Gasteiger partial charge in [0.2, 0.25) is 5.91 Å². The largest absolute Gasteiger partial charge is 0.383 e. The van der Waals surface area contributed by atoms with E-state index in [1.165, 1.54) is 12.7 Å². The summed E-state index contributed by atoms with van der Waals surface area (Å²) < 4.78 is 4.85. The van der Waals surface area contributed by atoms with Crippen LogP contribution in [0.1, 0.15) is 12.5 Å². The maximum Gasteiger partial charge on any atom is 0.243 e. The quantitative estimate of drug-likeness (QED) is 0.792. The van der Waals surface area contributed by atoms with Crippen LogP contribution in [0.15, 0.2) is 24.3 Å². The molecule has 18 heavy (non-hydrogen) atoms. The highest BCUT2D eigenvalue weighted by Gasteiger charge is 2.12. The molecule has 3 N–H and O–H groups in total. The first-order chi connectivity index (χ1) is 8.67. The van der Waals surface area contributed by atoms with E-state index in [4.69, 9.17) is 10.5 Å². The number of rotatable bonds is 7. The number of nitrogens with one attached hydrogen (secondary N) is 1. The molecule has 0 aliphatic rings. The molecule has 5 heteroatoms. The number of carbonyl (C=O) groups excluding carboxylic acids is 1. The van der Waals surface area contributed by atoms with E-state index in [-0.39, 0.29) is 12.5 Å². The number of nitrogens with two attached hydrogens (primary N) is 1. The van der Waals surface area contributed by atoms with Crippen molar-refractivity contribution >= 4 is 23.4 Å². The van der Waals surface area contributed by atoms with Crippen molar-refractivity contribution in [1.82, 2.24) is 0 Å². The highest BCUT2D eigenvalue weighted by Crippen LogP contribution is 2.16. The summed E-state index contributed by atoms with van der Waals surface area (Å²) in [5, 5.41) is 2.79. The number of carbonyl (C=O) groups is 1. The summed E-state index contributed by atoms with van der Waals surface area (Å²) in [6, 6.07) is 7.18. The lowest BCUT2D eigenvalue weighted by Gasteiger charge is -2.12. The van der Waals surface area contributed by atoms with Crippen LogP contribution in [0.25, 0.3) is 0 Å². The van der Waals surface area contributed by atoms with Crippen LogP contribution in [0.4, 0.5) is 5.69 Å². The van der Waals surface area contributed by atoms with E-state index in [9.17, 15) is 4.79 Å². The molecule has 0 aromatic heterocycles. The molecule has 0 aliphatic heterocycles. The zero-order valence-electron chi connectivity index (χ0n) is 10.8. The van der Waals surface area contributed by atoms with Gasteiger partial charge in [-0.15, -0.1) is 0 Å². The van der Waals surface area contributed by atoms with E-state index in [2.05, 4.69) is 12.2 Å². The van der Waals surface area contributed by atoms with Crippen molar-refractivity contribution in [2.45, 2.75) is 18.7 Å². The van der Waals surface area contributed by atoms with E-state index < -0.39 is 6.04 Å². The van der Waals surface area contributed by atoms with Gasteiger partial charge in [-0.1, -0.05) is 19.1 Å². The Hall–Kier alpha value is -1.04. The monoisotopic (exact) mass is 268 g/mol. The van der Waals surface area contributed by atoms with Gasteiger partial charge in [0.05, 0.1) is 6.61 Å². The number of anilines is 1. The summed E-state index contributed by atoms with van der Waals surface area (Å²) in [7, 11) is 1.52. The van der Waals surface area contributed by atoms with Gasteiger partial charge < -0.3 is 15.8 Å². The van der Waals surface area contributed by atoms with Crippen molar-refractivity contribution in [2.24, 2.45) is 5.73 Å².